The molecular weight excluding hydrogens is 432 g/mol. The molecule has 0 fully saturated rings. The Morgan fingerprint density at radius 2 is 1.94 bits per heavy atom. The number of nitrogens with one attached hydrogen (secondary N) is 2. The molecule has 10 nitrogen and oxygen atoms in total. The van der Waals surface area contributed by atoms with Crippen molar-refractivity contribution >= 4 is 35.0 Å². The third-order valence-electron chi connectivity index (χ3n) is 4.65. The third-order valence-corrected chi connectivity index (χ3v) is 5.67. The monoisotopic (exact) mass is 454 g/mol. The van der Waals surface area contributed by atoms with Crippen molar-refractivity contribution in [3.8, 4) is 0 Å². The largest absolute Gasteiger partial charge is 0.345 e. The lowest BCUT2D eigenvalue weighted by atomic mass is 10.1. The number of nitrogens with zero attached hydrogens (tertiary/aromatic N) is 4. The first kappa shape index (κ1) is 22.9. The molecule has 11 heteroatoms. The lowest BCUT2D eigenvalue weighted by Gasteiger charge is -2.09. The summed E-state index contributed by atoms with van der Waals surface area (Å²) in [5.74, 6) is 0.0200. The lowest BCUT2D eigenvalue weighted by Crippen LogP contribution is -2.24. The molecule has 0 aliphatic heterocycles. The number of benzene rings is 2. The standard InChI is InChI=1S/C21H22N6O4S/c1-13-7-8-14(2)17(9-13)23-19(28)12-32-21-25-24-18(26(21)3)11-22-20(29)15-5-4-6-16(10-15)27(30)31/h4-10H,11-12H2,1-3H3,(H,22,29)(H,23,28). The summed E-state index contributed by atoms with van der Waals surface area (Å²) >= 11 is 1.23. The summed E-state index contributed by atoms with van der Waals surface area (Å²) < 4.78 is 1.68. The predicted molar refractivity (Wildman–Crippen MR) is 121 cm³/mol. The second kappa shape index (κ2) is 10.1. The third kappa shape index (κ3) is 5.70. The van der Waals surface area contributed by atoms with Crippen molar-refractivity contribution in [1.82, 2.24) is 20.1 Å². The average molecular weight is 455 g/mol. The van der Waals surface area contributed by atoms with Gasteiger partial charge in [0.2, 0.25) is 5.91 Å². The molecule has 0 aliphatic carbocycles. The van der Waals surface area contributed by atoms with Crippen LogP contribution in [0.4, 0.5) is 11.4 Å². The minimum absolute atomic E-state index is 0.0836. The molecule has 0 radical (unpaired) electrons. The maximum atomic E-state index is 12.3. The number of nitro groups is 1. The molecule has 0 saturated carbocycles. The molecule has 3 aromatic rings. The van der Waals surface area contributed by atoms with E-state index in [1.807, 2.05) is 32.0 Å². The van der Waals surface area contributed by atoms with Gasteiger partial charge in [0.05, 0.1) is 17.2 Å². The summed E-state index contributed by atoms with van der Waals surface area (Å²) in [6.45, 7) is 3.97. The van der Waals surface area contributed by atoms with Gasteiger partial charge in [0.15, 0.2) is 11.0 Å². The zero-order valence-corrected chi connectivity index (χ0v) is 18.6. The number of nitro benzene ring substituents is 1. The van der Waals surface area contributed by atoms with Gasteiger partial charge >= 0.3 is 0 Å². The molecule has 3 rings (SSSR count). The molecular formula is C21H22N6O4S. The van der Waals surface area contributed by atoms with Gasteiger partial charge in [0.1, 0.15) is 0 Å². The highest BCUT2D eigenvalue weighted by atomic mass is 32.2. The normalized spacial score (nSPS) is 10.6. The highest BCUT2D eigenvalue weighted by Crippen LogP contribution is 2.19. The molecule has 0 saturated heterocycles. The Morgan fingerprint density at radius 3 is 2.69 bits per heavy atom. The van der Waals surface area contributed by atoms with E-state index in [1.54, 1.807) is 11.6 Å². The second-order valence-electron chi connectivity index (χ2n) is 7.10. The van der Waals surface area contributed by atoms with E-state index in [-0.39, 0.29) is 29.5 Å². The van der Waals surface area contributed by atoms with Gasteiger partial charge in [0, 0.05) is 30.4 Å². The Kier molecular flexibility index (Phi) is 7.21. The SMILES string of the molecule is Cc1ccc(C)c(NC(=O)CSc2nnc(CNC(=O)c3cccc([N+](=O)[O-])c3)n2C)c1. The van der Waals surface area contributed by atoms with Gasteiger partial charge < -0.3 is 15.2 Å². The minimum atomic E-state index is -0.556. The smallest absolute Gasteiger partial charge is 0.270 e. The number of non-ortho nitro benzene ring substituents is 1. The molecule has 32 heavy (non-hydrogen) atoms. The van der Waals surface area contributed by atoms with Crippen LogP contribution in [0.25, 0.3) is 0 Å². The minimum Gasteiger partial charge on any atom is -0.345 e. The van der Waals surface area contributed by atoms with Crippen molar-refractivity contribution in [1.29, 1.82) is 0 Å². The van der Waals surface area contributed by atoms with E-state index >= 15 is 0 Å². The van der Waals surface area contributed by atoms with Crippen molar-refractivity contribution in [2.75, 3.05) is 11.1 Å². The molecule has 2 aromatic carbocycles. The number of carbonyl (C=O) groups is 2. The van der Waals surface area contributed by atoms with E-state index in [9.17, 15) is 19.7 Å². The summed E-state index contributed by atoms with van der Waals surface area (Å²) in [5.41, 5.74) is 2.84. The fourth-order valence-corrected chi connectivity index (χ4v) is 3.56. The van der Waals surface area contributed by atoms with Crippen LogP contribution in [0, 0.1) is 24.0 Å². The second-order valence-corrected chi connectivity index (χ2v) is 8.05. The molecule has 0 spiro atoms. The van der Waals surface area contributed by atoms with Crippen LogP contribution in [-0.4, -0.2) is 37.3 Å². The maximum Gasteiger partial charge on any atom is 0.270 e. The van der Waals surface area contributed by atoms with E-state index in [0.717, 1.165) is 16.8 Å². The predicted octanol–water partition coefficient (Wildman–Crippen LogP) is 3.00. The summed E-state index contributed by atoms with van der Waals surface area (Å²) in [6, 6.07) is 11.3. The van der Waals surface area contributed by atoms with Gasteiger partial charge in [-0.05, 0) is 37.1 Å². The van der Waals surface area contributed by atoms with Crippen LogP contribution in [0.3, 0.4) is 0 Å². The quantitative estimate of drug-likeness (QED) is 0.304. The molecule has 0 unspecified atom stereocenters. The zero-order valence-electron chi connectivity index (χ0n) is 17.8. The number of carbonyl (C=O) groups excluding carboxylic acids is 2. The van der Waals surface area contributed by atoms with Crippen molar-refractivity contribution in [3.63, 3.8) is 0 Å². The van der Waals surface area contributed by atoms with Gasteiger partial charge in [-0.1, -0.05) is 30.0 Å². The molecule has 2 N–H and O–H groups in total. The number of anilines is 1. The summed E-state index contributed by atoms with van der Waals surface area (Å²) in [4.78, 5) is 34.9. The number of aryl methyl sites for hydroxylation is 2. The van der Waals surface area contributed by atoms with Crippen LogP contribution in [-0.2, 0) is 18.4 Å². The van der Waals surface area contributed by atoms with E-state index in [0.29, 0.717) is 11.0 Å². The van der Waals surface area contributed by atoms with Crippen molar-refractivity contribution in [2.45, 2.75) is 25.5 Å². The van der Waals surface area contributed by atoms with E-state index in [4.69, 9.17) is 0 Å². The van der Waals surface area contributed by atoms with Gasteiger partial charge in [0.25, 0.3) is 11.6 Å². The van der Waals surface area contributed by atoms with Crippen LogP contribution < -0.4 is 10.6 Å². The number of amides is 2. The van der Waals surface area contributed by atoms with Crippen LogP contribution in [0.2, 0.25) is 0 Å². The number of rotatable bonds is 8. The summed E-state index contributed by atoms with van der Waals surface area (Å²) in [7, 11) is 1.74. The highest BCUT2D eigenvalue weighted by molar-refractivity contribution is 7.99. The molecule has 0 bridgehead atoms. The van der Waals surface area contributed by atoms with Crippen LogP contribution in [0.5, 0.6) is 0 Å². The van der Waals surface area contributed by atoms with Gasteiger partial charge in [-0.25, -0.2) is 0 Å². The topological polar surface area (TPSA) is 132 Å². The average Bonchev–Trinajstić information content (AvgIpc) is 3.12. The molecule has 1 heterocycles. The van der Waals surface area contributed by atoms with Gasteiger partial charge in [-0.3, -0.25) is 19.7 Å². The number of thioether (sulfide) groups is 1. The maximum absolute atomic E-state index is 12.3. The first-order chi connectivity index (χ1) is 15.2. The van der Waals surface area contributed by atoms with Crippen LogP contribution in [0.15, 0.2) is 47.6 Å². The Bertz CT molecular complexity index is 1180. The van der Waals surface area contributed by atoms with Gasteiger partial charge in [-0.15, -0.1) is 10.2 Å². The van der Waals surface area contributed by atoms with Crippen molar-refractivity contribution < 1.29 is 14.5 Å². The van der Waals surface area contributed by atoms with E-state index < -0.39 is 10.8 Å². The number of aromatic nitrogens is 3. The Labute approximate surface area is 188 Å². The molecule has 2 amide bonds. The molecule has 1 aromatic heterocycles. The summed E-state index contributed by atoms with van der Waals surface area (Å²) in [5, 5.41) is 25.1. The van der Waals surface area contributed by atoms with Crippen LogP contribution in [0.1, 0.15) is 27.3 Å². The lowest BCUT2D eigenvalue weighted by molar-refractivity contribution is -0.384. The number of hydrogen-bond acceptors (Lipinski definition) is 7. The molecule has 0 aliphatic rings. The number of hydrogen-bond donors (Lipinski definition) is 2. The van der Waals surface area contributed by atoms with E-state index in [1.165, 1.54) is 36.0 Å². The Balaban J connectivity index is 1.55. The van der Waals surface area contributed by atoms with Crippen LogP contribution >= 0.6 is 11.8 Å². The fraction of sp³-hybridized carbons (Fsp3) is 0.238. The first-order valence-corrected chi connectivity index (χ1v) is 10.6. The Hall–Kier alpha value is -3.73. The Morgan fingerprint density at radius 1 is 1.16 bits per heavy atom. The molecule has 166 valence electrons. The van der Waals surface area contributed by atoms with Crippen molar-refractivity contribution in [3.05, 3.63) is 75.1 Å². The first-order valence-electron chi connectivity index (χ1n) is 9.65. The van der Waals surface area contributed by atoms with Gasteiger partial charge in [-0.2, -0.15) is 0 Å². The molecule has 0 atom stereocenters. The highest BCUT2D eigenvalue weighted by Gasteiger charge is 2.15. The van der Waals surface area contributed by atoms with Crippen molar-refractivity contribution in [2.24, 2.45) is 7.05 Å². The fourth-order valence-electron chi connectivity index (χ4n) is 2.83. The zero-order chi connectivity index (χ0) is 23.3. The summed E-state index contributed by atoms with van der Waals surface area (Å²) in [6.07, 6.45) is 0. The van der Waals surface area contributed by atoms with E-state index in [2.05, 4.69) is 20.8 Å².